The van der Waals surface area contributed by atoms with Crippen LogP contribution in [0.1, 0.15) is 29.5 Å². The lowest BCUT2D eigenvalue weighted by molar-refractivity contribution is 1.28. The topological polar surface area (TPSA) is 0 Å². The van der Waals surface area contributed by atoms with E-state index in [2.05, 4.69) is 32.0 Å². The summed E-state index contributed by atoms with van der Waals surface area (Å²) >= 11 is 0. The summed E-state index contributed by atoms with van der Waals surface area (Å²) in [5, 5.41) is 0. The lowest BCUT2D eigenvalue weighted by Gasteiger charge is -2.03. The molecular formula is C11H13. The number of hydrogen-bond acceptors (Lipinski definition) is 0. The second-order valence-corrected chi connectivity index (χ2v) is 3.42. The fourth-order valence-electron chi connectivity index (χ4n) is 1.45. The van der Waals surface area contributed by atoms with Crippen molar-refractivity contribution in [2.75, 3.05) is 0 Å². The van der Waals surface area contributed by atoms with Crippen LogP contribution < -0.4 is 0 Å². The molecule has 0 nitrogen and oxygen atoms in total. The normalized spacial score (nSPS) is 16.9. The van der Waals surface area contributed by atoms with Crippen molar-refractivity contribution in [1.82, 2.24) is 0 Å². The summed E-state index contributed by atoms with van der Waals surface area (Å²) in [5.41, 5.74) is 4.32. The predicted molar refractivity (Wildman–Crippen MR) is 47.5 cm³/mol. The Hall–Kier alpha value is -0.780. The van der Waals surface area contributed by atoms with Crippen LogP contribution in [0.4, 0.5) is 0 Å². The summed E-state index contributed by atoms with van der Waals surface area (Å²) in [4.78, 5) is 0. The fraction of sp³-hybridized carbons (Fsp3) is 0.364. The average Bonchev–Trinajstić information content (AvgIpc) is 2.76. The minimum Gasteiger partial charge on any atom is -0.0590 e. The lowest BCUT2D eigenvalue weighted by atomic mass is 10.0. The fourth-order valence-corrected chi connectivity index (χ4v) is 1.45. The van der Waals surface area contributed by atoms with Gasteiger partial charge >= 0.3 is 0 Å². The van der Waals surface area contributed by atoms with Gasteiger partial charge in [0.1, 0.15) is 0 Å². The van der Waals surface area contributed by atoms with E-state index in [1.54, 1.807) is 5.92 Å². The maximum atomic E-state index is 2.30. The maximum Gasteiger partial charge on any atom is 0.00533 e. The van der Waals surface area contributed by atoms with E-state index in [9.17, 15) is 0 Å². The quantitative estimate of drug-likeness (QED) is 0.569. The molecule has 0 heteroatoms. The molecule has 2 rings (SSSR count). The minimum absolute atomic E-state index is 1.32. The van der Waals surface area contributed by atoms with E-state index in [1.165, 1.54) is 29.5 Å². The van der Waals surface area contributed by atoms with Crippen LogP contribution in [-0.2, 0) is 0 Å². The van der Waals surface area contributed by atoms with Crippen molar-refractivity contribution < 1.29 is 0 Å². The molecule has 0 N–H and O–H groups in total. The molecule has 11 heavy (non-hydrogen) atoms. The molecule has 1 aromatic carbocycles. The smallest absolute Gasteiger partial charge is 0.00533 e. The third-order valence-electron chi connectivity index (χ3n) is 2.27. The molecule has 0 bridgehead atoms. The average molecular weight is 145 g/mol. The van der Waals surface area contributed by atoms with E-state index in [1.807, 2.05) is 0 Å². The lowest BCUT2D eigenvalue weighted by Crippen LogP contribution is -1.86. The van der Waals surface area contributed by atoms with Gasteiger partial charge in [0.25, 0.3) is 0 Å². The second-order valence-electron chi connectivity index (χ2n) is 3.42. The molecule has 1 fully saturated rings. The Labute approximate surface area is 68.3 Å². The van der Waals surface area contributed by atoms with Crippen molar-refractivity contribution in [1.29, 1.82) is 0 Å². The second kappa shape index (κ2) is 2.37. The van der Waals surface area contributed by atoms with E-state index in [-0.39, 0.29) is 0 Å². The predicted octanol–water partition coefficient (Wildman–Crippen LogP) is 3.02. The van der Waals surface area contributed by atoms with Crippen LogP contribution in [0.25, 0.3) is 0 Å². The van der Waals surface area contributed by atoms with Gasteiger partial charge in [0.15, 0.2) is 0 Å². The number of aryl methyl sites for hydroxylation is 2. The largest absolute Gasteiger partial charge is 0.0590 e. The van der Waals surface area contributed by atoms with Gasteiger partial charge in [0.05, 0.1) is 0 Å². The van der Waals surface area contributed by atoms with Gasteiger partial charge in [-0.25, -0.2) is 0 Å². The molecule has 0 atom stereocenters. The zero-order valence-corrected chi connectivity index (χ0v) is 7.15. The highest BCUT2D eigenvalue weighted by Gasteiger charge is 2.25. The molecule has 0 unspecified atom stereocenters. The summed E-state index contributed by atoms with van der Waals surface area (Å²) in [5.74, 6) is 1.64. The molecular weight excluding hydrogens is 132 g/mol. The van der Waals surface area contributed by atoms with Gasteiger partial charge in [-0.05, 0) is 37.8 Å². The Morgan fingerprint density at radius 2 is 1.82 bits per heavy atom. The van der Waals surface area contributed by atoms with Crippen molar-refractivity contribution in [2.24, 2.45) is 0 Å². The zero-order valence-electron chi connectivity index (χ0n) is 7.15. The first kappa shape index (κ1) is 6.90. The van der Waals surface area contributed by atoms with Crippen LogP contribution >= 0.6 is 0 Å². The van der Waals surface area contributed by atoms with Crippen molar-refractivity contribution >= 4 is 0 Å². The number of rotatable bonds is 1. The van der Waals surface area contributed by atoms with Gasteiger partial charge in [-0.3, -0.25) is 0 Å². The molecule has 0 spiro atoms. The minimum atomic E-state index is 1.32. The van der Waals surface area contributed by atoms with Gasteiger partial charge in [-0.15, -0.1) is 0 Å². The van der Waals surface area contributed by atoms with Gasteiger partial charge < -0.3 is 0 Å². The Kier molecular flexibility index (Phi) is 1.49. The van der Waals surface area contributed by atoms with E-state index in [4.69, 9.17) is 0 Å². The molecule has 0 aliphatic heterocycles. The summed E-state index contributed by atoms with van der Waals surface area (Å²) in [6.45, 7) is 4.35. The first-order valence-corrected chi connectivity index (χ1v) is 4.20. The first-order chi connectivity index (χ1) is 5.27. The molecule has 0 heterocycles. The molecule has 1 aromatic rings. The van der Waals surface area contributed by atoms with Crippen molar-refractivity contribution in [3.8, 4) is 0 Å². The van der Waals surface area contributed by atoms with Crippen LogP contribution in [-0.4, -0.2) is 0 Å². The first-order valence-electron chi connectivity index (χ1n) is 4.20. The number of hydrogen-bond donors (Lipinski definition) is 0. The Balaban J connectivity index is 2.42. The summed E-state index contributed by atoms with van der Waals surface area (Å²) in [7, 11) is 0. The Morgan fingerprint density at radius 1 is 1.09 bits per heavy atom. The molecule has 1 aliphatic rings. The van der Waals surface area contributed by atoms with Crippen LogP contribution in [0.15, 0.2) is 18.2 Å². The summed E-state index contributed by atoms with van der Waals surface area (Å²) < 4.78 is 0. The van der Waals surface area contributed by atoms with Crippen molar-refractivity contribution in [3.63, 3.8) is 0 Å². The molecule has 1 aliphatic carbocycles. The van der Waals surface area contributed by atoms with E-state index in [0.717, 1.165) is 0 Å². The highest BCUT2D eigenvalue weighted by atomic mass is 14.3. The van der Waals surface area contributed by atoms with Crippen LogP contribution in [0.2, 0.25) is 0 Å². The summed E-state index contributed by atoms with van der Waals surface area (Å²) in [6.07, 6.45) is 2.65. The Morgan fingerprint density at radius 3 is 2.45 bits per heavy atom. The monoisotopic (exact) mass is 145 g/mol. The summed E-state index contributed by atoms with van der Waals surface area (Å²) in [6, 6.07) is 6.70. The van der Waals surface area contributed by atoms with E-state index < -0.39 is 0 Å². The molecule has 0 saturated heterocycles. The van der Waals surface area contributed by atoms with Crippen molar-refractivity contribution in [3.05, 3.63) is 40.8 Å². The molecule has 0 aromatic heterocycles. The van der Waals surface area contributed by atoms with Crippen LogP contribution in [0.3, 0.4) is 0 Å². The highest BCUT2D eigenvalue weighted by molar-refractivity contribution is 5.44. The molecule has 1 radical (unpaired) electrons. The third-order valence-corrected chi connectivity index (χ3v) is 2.27. The zero-order chi connectivity index (χ0) is 7.84. The standard InChI is InChI=1S/C11H13/c1-8-3-4-9(2)11(7-8)10-5-6-10/h3-4,7H,5-6H2,1-2H3. The highest BCUT2D eigenvalue weighted by Crippen LogP contribution is 2.40. The van der Waals surface area contributed by atoms with Crippen LogP contribution in [0, 0.1) is 19.8 Å². The van der Waals surface area contributed by atoms with Gasteiger partial charge in [0, 0.05) is 5.92 Å². The SMILES string of the molecule is Cc1ccc(C)c([C]2CC2)c1. The van der Waals surface area contributed by atoms with Gasteiger partial charge in [-0.1, -0.05) is 23.8 Å². The van der Waals surface area contributed by atoms with E-state index >= 15 is 0 Å². The van der Waals surface area contributed by atoms with Crippen molar-refractivity contribution in [2.45, 2.75) is 26.7 Å². The molecule has 1 saturated carbocycles. The Bertz CT molecular complexity index is 269. The third kappa shape index (κ3) is 1.30. The van der Waals surface area contributed by atoms with Crippen LogP contribution in [0.5, 0.6) is 0 Å². The molecule has 57 valence electrons. The molecule has 0 amide bonds. The van der Waals surface area contributed by atoms with E-state index in [0.29, 0.717) is 0 Å². The van der Waals surface area contributed by atoms with Gasteiger partial charge in [-0.2, -0.15) is 0 Å². The van der Waals surface area contributed by atoms with Gasteiger partial charge in [0.2, 0.25) is 0 Å². The maximum absolute atomic E-state index is 2.30. The number of benzene rings is 1.